The van der Waals surface area contributed by atoms with Crippen LogP contribution < -0.4 is 10.6 Å². The number of carbonyl (C=O) groups excluding carboxylic acids is 5. The molecular weight excluding hydrogens is 470 g/mol. The number of hydrogen-bond donors (Lipinski definition) is 2. The topological polar surface area (TPSA) is 140 Å². The maximum absolute atomic E-state index is 13.1. The summed E-state index contributed by atoms with van der Waals surface area (Å²) in [5.41, 5.74) is 0.00768. The predicted molar refractivity (Wildman–Crippen MR) is 129 cm³/mol. The second-order valence-electron chi connectivity index (χ2n) is 9.26. The summed E-state index contributed by atoms with van der Waals surface area (Å²) in [5.74, 6) is -2.74. The minimum Gasteiger partial charge on any atom is -0.464 e. The van der Waals surface area contributed by atoms with Crippen molar-refractivity contribution in [3.8, 4) is 0 Å². The first-order valence-electron chi connectivity index (χ1n) is 11.9. The zero-order valence-corrected chi connectivity index (χ0v) is 21.5. The van der Waals surface area contributed by atoms with Crippen molar-refractivity contribution < 1.29 is 38.2 Å². The van der Waals surface area contributed by atoms with Gasteiger partial charge in [-0.25, -0.2) is 14.4 Å². The molecule has 2 rings (SSSR count). The smallest absolute Gasteiger partial charge is 0.408 e. The third-order valence-electron chi connectivity index (χ3n) is 5.14. The van der Waals surface area contributed by atoms with Gasteiger partial charge in [0.2, 0.25) is 11.8 Å². The van der Waals surface area contributed by atoms with Gasteiger partial charge in [0.15, 0.2) is 12.1 Å². The SMILES string of the molecule is CCOC(=O)[C@H]1[C@H](C(=O)OCC)N1C(=O)[C@H](C)NC(=O)[C@H](Cc1ccccc1)NC(=O)OC(C)(C)C. The van der Waals surface area contributed by atoms with Crippen LogP contribution in [-0.4, -0.2) is 77.7 Å². The third kappa shape index (κ3) is 7.96. The lowest BCUT2D eigenvalue weighted by Crippen LogP contribution is -2.53. The van der Waals surface area contributed by atoms with Crippen LogP contribution in [0.3, 0.4) is 0 Å². The van der Waals surface area contributed by atoms with Crippen LogP contribution in [0.1, 0.15) is 47.1 Å². The minimum atomic E-state index is -1.11. The Morgan fingerprint density at radius 3 is 1.92 bits per heavy atom. The van der Waals surface area contributed by atoms with Crippen molar-refractivity contribution >= 4 is 29.8 Å². The molecule has 11 heteroatoms. The minimum absolute atomic E-state index is 0.0801. The van der Waals surface area contributed by atoms with Gasteiger partial charge in [-0.05, 0) is 47.1 Å². The number of nitrogens with one attached hydrogen (secondary N) is 2. The Hall–Kier alpha value is -3.63. The van der Waals surface area contributed by atoms with E-state index in [1.807, 2.05) is 6.07 Å². The van der Waals surface area contributed by atoms with Gasteiger partial charge in [0, 0.05) is 6.42 Å². The van der Waals surface area contributed by atoms with Crippen molar-refractivity contribution in [1.29, 1.82) is 0 Å². The zero-order valence-electron chi connectivity index (χ0n) is 21.5. The van der Waals surface area contributed by atoms with Crippen LogP contribution in [-0.2, 0) is 39.8 Å². The van der Waals surface area contributed by atoms with Crippen molar-refractivity contribution in [2.45, 2.75) is 77.7 Å². The molecule has 4 atom stereocenters. The first-order valence-corrected chi connectivity index (χ1v) is 11.9. The average molecular weight is 506 g/mol. The molecule has 0 spiro atoms. The van der Waals surface area contributed by atoms with Crippen LogP contribution in [0, 0.1) is 0 Å². The van der Waals surface area contributed by atoms with Crippen LogP contribution in [0.25, 0.3) is 0 Å². The third-order valence-corrected chi connectivity index (χ3v) is 5.14. The molecule has 198 valence electrons. The van der Waals surface area contributed by atoms with E-state index in [1.165, 1.54) is 6.92 Å². The molecule has 3 amide bonds. The van der Waals surface area contributed by atoms with E-state index in [1.54, 1.807) is 58.9 Å². The average Bonchev–Trinajstić information content (AvgIpc) is 3.54. The summed E-state index contributed by atoms with van der Waals surface area (Å²) in [4.78, 5) is 64.1. The van der Waals surface area contributed by atoms with Crippen molar-refractivity contribution in [2.75, 3.05) is 13.2 Å². The summed E-state index contributed by atoms with van der Waals surface area (Å²) in [6, 6.07) is 4.65. The van der Waals surface area contributed by atoms with Crippen molar-refractivity contribution in [3.05, 3.63) is 35.9 Å². The van der Waals surface area contributed by atoms with E-state index in [0.29, 0.717) is 0 Å². The van der Waals surface area contributed by atoms with Crippen LogP contribution >= 0.6 is 0 Å². The maximum atomic E-state index is 13.1. The van der Waals surface area contributed by atoms with Gasteiger partial charge in [0.25, 0.3) is 0 Å². The molecule has 1 saturated heterocycles. The Balaban J connectivity index is 2.14. The van der Waals surface area contributed by atoms with Gasteiger partial charge in [0.05, 0.1) is 13.2 Å². The number of benzene rings is 1. The molecule has 2 N–H and O–H groups in total. The van der Waals surface area contributed by atoms with E-state index in [-0.39, 0.29) is 19.6 Å². The Morgan fingerprint density at radius 1 is 0.917 bits per heavy atom. The predicted octanol–water partition coefficient (Wildman–Crippen LogP) is 1.33. The molecular formula is C25H35N3O8. The van der Waals surface area contributed by atoms with Crippen molar-refractivity contribution in [1.82, 2.24) is 15.5 Å². The molecule has 1 aromatic rings. The second kappa shape index (κ2) is 12.4. The number of nitrogens with zero attached hydrogens (tertiary/aromatic N) is 1. The first-order chi connectivity index (χ1) is 16.9. The van der Waals surface area contributed by atoms with E-state index in [2.05, 4.69) is 10.6 Å². The summed E-state index contributed by atoms with van der Waals surface area (Å²) in [6.07, 6.45) is -0.638. The molecule has 0 aromatic heterocycles. The van der Waals surface area contributed by atoms with E-state index in [9.17, 15) is 24.0 Å². The molecule has 0 aliphatic carbocycles. The standard InChI is InChI=1S/C25H35N3O8/c1-7-34-22(31)18-19(23(32)35-8-2)28(18)21(30)15(3)26-20(29)17(14-16-12-10-9-11-13-16)27-24(33)36-25(4,5)6/h9-13,15,17-19H,7-8,14H2,1-6H3,(H,26,29)(H,27,33)/t15-,17-,18+,19+/m0/s1. The fraction of sp³-hybridized carbons (Fsp3) is 0.560. The molecule has 0 bridgehead atoms. The molecule has 1 aromatic carbocycles. The Bertz CT molecular complexity index is 936. The van der Waals surface area contributed by atoms with Crippen molar-refractivity contribution in [2.24, 2.45) is 0 Å². The molecule has 11 nitrogen and oxygen atoms in total. The number of carbonyl (C=O) groups is 5. The second-order valence-corrected chi connectivity index (χ2v) is 9.26. The van der Waals surface area contributed by atoms with Crippen molar-refractivity contribution in [3.63, 3.8) is 0 Å². The highest BCUT2D eigenvalue weighted by molar-refractivity contribution is 6.03. The summed E-state index contributed by atoms with van der Waals surface area (Å²) in [7, 11) is 0. The highest BCUT2D eigenvalue weighted by Crippen LogP contribution is 2.31. The normalized spacial score (nSPS) is 18.3. The van der Waals surface area contributed by atoms with Gasteiger partial charge in [-0.1, -0.05) is 30.3 Å². The Kier molecular flexibility index (Phi) is 9.83. The largest absolute Gasteiger partial charge is 0.464 e. The lowest BCUT2D eigenvalue weighted by Gasteiger charge is -2.24. The zero-order chi connectivity index (χ0) is 27.0. The van der Waals surface area contributed by atoms with E-state index in [4.69, 9.17) is 14.2 Å². The number of amides is 3. The number of alkyl carbamates (subject to hydrolysis) is 1. The Morgan fingerprint density at radius 2 is 1.44 bits per heavy atom. The summed E-state index contributed by atoms with van der Waals surface area (Å²) in [5, 5.41) is 5.12. The van der Waals surface area contributed by atoms with Gasteiger partial charge in [-0.2, -0.15) is 0 Å². The number of ether oxygens (including phenoxy) is 3. The summed E-state index contributed by atoms with van der Waals surface area (Å²) >= 11 is 0. The first kappa shape index (κ1) is 28.6. The fourth-order valence-corrected chi connectivity index (χ4v) is 3.55. The molecule has 1 heterocycles. The number of esters is 2. The van der Waals surface area contributed by atoms with Crippen LogP contribution in [0.2, 0.25) is 0 Å². The number of hydrogen-bond acceptors (Lipinski definition) is 8. The highest BCUT2D eigenvalue weighted by atomic mass is 16.6. The molecule has 1 fully saturated rings. The van der Waals surface area contributed by atoms with Gasteiger partial charge < -0.3 is 29.7 Å². The van der Waals surface area contributed by atoms with Gasteiger partial charge in [-0.15, -0.1) is 0 Å². The highest BCUT2D eigenvalue weighted by Gasteiger charge is 2.62. The maximum Gasteiger partial charge on any atom is 0.408 e. The fourth-order valence-electron chi connectivity index (χ4n) is 3.55. The van der Waals surface area contributed by atoms with Gasteiger partial charge >= 0.3 is 18.0 Å². The monoisotopic (exact) mass is 505 g/mol. The number of rotatable bonds is 10. The lowest BCUT2D eigenvalue weighted by molar-refractivity contribution is -0.147. The summed E-state index contributed by atoms with van der Waals surface area (Å²) in [6.45, 7) is 9.90. The van der Waals surface area contributed by atoms with Gasteiger partial charge in [-0.3, -0.25) is 9.59 Å². The molecule has 0 saturated carbocycles. The molecule has 1 aliphatic rings. The van der Waals surface area contributed by atoms with Crippen LogP contribution in [0.4, 0.5) is 4.79 Å². The molecule has 36 heavy (non-hydrogen) atoms. The quantitative estimate of drug-likeness (QED) is 0.276. The van der Waals surface area contributed by atoms with E-state index < -0.39 is 59.6 Å². The van der Waals surface area contributed by atoms with Crippen LogP contribution in [0.5, 0.6) is 0 Å². The Labute approximate surface area is 210 Å². The van der Waals surface area contributed by atoms with Gasteiger partial charge in [0.1, 0.15) is 17.7 Å². The van der Waals surface area contributed by atoms with E-state index in [0.717, 1.165) is 10.5 Å². The lowest BCUT2D eigenvalue weighted by atomic mass is 10.0. The molecule has 1 aliphatic heterocycles. The molecule has 0 radical (unpaired) electrons. The van der Waals surface area contributed by atoms with Crippen LogP contribution in [0.15, 0.2) is 30.3 Å². The summed E-state index contributed by atoms with van der Waals surface area (Å²) < 4.78 is 15.2. The van der Waals surface area contributed by atoms with E-state index >= 15 is 0 Å². The molecule has 0 unspecified atom stereocenters.